The molecule has 0 aliphatic heterocycles. The summed E-state index contributed by atoms with van der Waals surface area (Å²) in [4.78, 5) is 7.78. The third kappa shape index (κ3) is 2.72. The van der Waals surface area contributed by atoms with Gasteiger partial charge in [0.15, 0.2) is 10.8 Å². The molecule has 0 aliphatic rings. The smallest absolute Gasteiger partial charge is 0.295 e. The Morgan fingerprint density at radius 2 is 2.18 bits per heavy atom. The van der Waals surface area contributed by atoms with E-state index < -0.39 is 10.0 Å². The van der Waals surface area contributed by atoms with E-state index in [9.17, 15) is 8.42 Å². The fourth-order valence-corrected chi connectivity index (χ4v) is 2.55. The van der Waals surface area contributed by atoms with Gasteiger partial charge in [-0.3, -0.25) is 0 Å². The molecule has 22 heavy (non-hydrogen) atoms. The molecule has 0 atom stereocenters. The molecule has 3 aromatic heterocycles. The lowest BCUT2D eigenvalue weighted by molar-refractivity contribution is 0.417. The summed E-state index contributed by atoms with van der Waals surface area (Å²) in [6, 6.07) is 3.38. The third-order valence-electron chi connectivity index (χ3n) is 2.83. The second kappa shape index (κ2) is 5.30. The lowest BCUT2D eigenvalue weighted by Gasteiger charge is -2.04. The molecule has 116 valence electrons. The van der Waals surface area contributed by atoms with Crippen LogP contribution in [-0.2, 0) is 10.0 Å². The van der Waals surface area contributed by atoms with Crippen LogP contribution in [0.5, 0.6) is 0 Å². The van der Waals surface area contributed by atoms with Gasteiger partial charge in [-0.05, 0) is 31.1 Å². The molecule has 0 amide bonds. The standard InChI is InChI=1S/C12H13N5O4S/c1-8(2)17-6-10(13-7-17)22(18,19)16-12-14-11(21-15-12)9-4-3-5-20-9/h3-8H,1-2H3,(H,15,16). The first-order valence-corrected chi connectivity index (χ1v) is 7.88. The number of rotatable bonds is 5. The Morgan fingerprint density at radius 3 is 2.82 bits per heavy atom. The van der Waals surface area contributed by atoms with E-state index in [1.807, 2.05) is 13.8 Å². The highest BCUT2D eigenvalue weighted by Crippen LogP contribution is 2.20. The minimum atomic E-state index is -3.88. The number of anilines is 1. The number of furan rings is 1. The summed E-state index contributed by atoms with van der Waals surface area (Å²) in [5, 5.41) is 3.43. The molecule has 1 N–H and O–H groups in total. The maximum atomic E-state index is 12.2. The number of hydrogen-bond acceptors (Lipinski definition) is 7. The quantitative estimate of drug-likeness (QED) is 0.762. The lowest BCUT2D eigenvalue weighted by atomic mass is 10.4. The number of nitrogens with one attached hydrogen (secondary N) is 1. The van der Waals surface area contributed by atoms with Crippen LogP contribution in [0, 0.1) is 0 Å². The first-order valence-electron chi connectivity index (χ1n) is 6.39. The predicted molar refractivity (Wildman–Crippen MR) is 75.4 cm³/mol. The van der Waals surface area contributed by atoms with Crippen molar-refractivity contribution < 1.29 is 17.4 Å². The molecular formula is C12H13N5O4S. The third-order valence-corrected chi connectivity index (χ3v) is 4.05. The van der Waals surface area contributed by atoms with E-state index >= 15 is 0 Å². The molecule has 0 aromatic carbocycles. The SMILES string of the molecule is CC(C)n1cnc(S(=O)(=O)Nc2noc(-c3ccco3)n2)c1. The van der Waals surface area contributed by atoms with Gasteiger partial charge in [0.1, 0.15) is 0 Å². The number of hydrogen-bond donors (Lipinski definition) is 1. The highest BCUT2D eigenvalue weighted by molar-refractivity contribution is 7.92. The van der Waals surface area contributed by atoms with Gasteiger partial charge in [-0.25, -0.2) is 9.71 Å². The summed E-state index contributed by atoms with van der Waals surface area (Å²) < 4.78 is 38.3. The van der Waals surface area contributed by atoms with E-state index in [4.69, 9.17) is 8.94 Å². The number of nitrogens with zero attached hydrogens (tertiary/aromatic N) is 4. The molecule has 0 saturated carbocycles. The Kier molecular flexibility index (Phi) is 3.45. The van der Waals surface area contributed by atoms with Crippen molar-refractivity contribution in [1.82, 2.24) is 19.7 Å². The van der Waals surface area contributed by atoms with Gasteiger partial charge in [0.2, 0.25) is 0 Å². The molecule has 0 radical (unpaired) electrons. The van der Waals surface area contributed by atoms with E-state index in [2.05, 4.69) is 19.8 Å². The summed E-state index contributed by atoms with van der Waals surface area (Å²) in [6.45, 7) is 3.83. The summed E-state index contributed by atoms with van der Waals surface area (Å²) in [7, 11) is -3.88. The van der Waals surface area contributed by atoms with E-state index in [0.717, 1.165) is 0 Å². The van der Waals surface area contributed by atoms with Gasteiger partial charge < -0.3 is 13.5 Å². The molecule has 10 heteroatoms. The molecule has 0 fully saturated rings. The Labute approximate surface area is 126 Å². The fraction of sp³-hybridized carbons (Fsp3) is 0.250. The van der Waals surface area contributed by atoms with Crippen LogP contribution in [-0.4, -0.2) is 28.1 Å². The van der Waals surface area contributed by atoms with E-state index in [1.54, 1.807) is 16.7 Å². The Bertz CT molecular complexity index is 863. The minimum absolute atomic E-state index is 0.0791. The van der Waals surface area contributed by atoms with Gasteiger partial charge in [-0.15, -0.1) is 0 Å². The highest BCUT2D eigenvalue weighted by Gasteiger charge is 2.21. The molecule has 0 spiro atoms. The number of imidazole rings is 1. The van der Waals surface area contributed by atoms with Crippen LogP contribution in [0.3, 0.4) is 0 Å². The number of sulfonamides is 1. The van der Waals surface area contributed by atoms with E-state index in [0.29, 0.717) is 5.76 Å². The average molecular weight is 323 g/mol. The Hall–Kier alpha value is -2.62. The fourth-order valence-electron chi connectivity index (χ4n) is 1.68. The van der Waals surface area contributed by atoms with Crippen molar-refractivity contribution in [3.05, 3.63) is 30.9 Å². The zero-order chi connectivity index (χ0) is 15.7. The van der Waals surface area contributed by atoms with E-state index in [1.165, 1.54) is 18.8 Å². The molecular weight excluding hydrogens is 310 g/mol. The molecule has 9 nitrogen and oxygen atoms in total. The summed E-state index contributed by atoms with van der Waals surface area (Å²) in [6.07, 6.45) is 4.33. The van der Waals surface area contributed by atoms with Gasteiger partial charge >= 0.3 is 0 Å². The molecule has 0 aliphatic carbocycles. The van der Waals surface area contributed by atoms with Crippen LogP contribution in [0.4, 0.5) is 5.95 Å². The van der Waals surface area contributed by atoms with Gasteiger partial charge in [0.05, 0.1) is 12.6 Å². The first-order chi connectivity index (χ1) is 10.5. The summed E-state index contributed by atoms with van der Waals surface area (Å²) in [5.74, 6) is 0.239. The van der Waals surface area contributed by atoms with Gasteiger partial charge in [0, 0.05) is 12.2 Å². The molecule has 3 rings (SSSR count). The summed E-state index contributed by atoms with van der Waals surface area (Å²) >= 11 is 0. The van der Waals surface area contributed by atoms with Crippen LogP contribution in [0.25, 0.3) is 11.7 Å². The maximum absolute atomic E-state index is 12.2. The van der Waals surface area contributed by atoms with Crippen LogP contribution in [0.15, 0.2) is 44.9 Å². The number of aromatic nitrogens is 4. The minimum Gasteiger partial charge on any atom is -0.459 e. The second-order valence-corrected chi connectivity index (χ2v) is 6.39. The predicted octanol–water partition coefficient (Wildman–Crippen LogP) is 1.91. The first kappa shape index (κ1) is 14.3. The van der Waals surface area contributed by atoms with Gasteiger partial charge in [0.25, 0.3) is 21.9 Å². The van der Waals surface area contributed by atoms with Crippen LogP contribution in [0.1, 0.15) is 19.9 Å². The summed E-state index contributed by atoms with van der Waals surface area (Å²) in [5.41, 5.74) is 0. The van der Waals surface area contributed by atoms with Crippen LogP contribution in [0.2, 0.25) is 0 Å². The van der Waals surface area contributed by atoms with E-state index in [-0.39, 0.29) is 22.9 Å². The van der Waals surface area contributed by atoms with Crippen molar-refractivity contribution in [2.24, 2.45) is 0 Å². The largest absolute Gasteiger partial charge is 0.459 e. The zero-order valence-electron chi connectivity index (χ0n) is 11.8. The monoisotopic (exact) mass is 323 g/mol. The van der Waals surface area contributed by atoms with Gasteiger partial charge in [-0.1, -0.05) is 0 Å². The van der Waals surface area contributed by atoms with Crippen LogP contribution >= 0.6 is 0 Å². The van der Waals surface area contributed by atoms with Crippen molar-refractivity contribution in [3.8, 4) is 11.7 Å². The van der Waals surface area contributed by atoms with Crippen molar-refractivity contribution in [2.45, 2.75) is 24.9 Å². The molecule has 0 bridgehead atoms. The Balaban J connectivity index is 1.82. The topological polar surface area (TPSA) is 116 Å². The molecule has 3 aromatic rings. The van der Waals surface area contributed by atoms with Crippen molar-refractivity contribution >= 4 is 16.0 Å². The lowest BCUT2D eigenvalue weighted by Crippen LogP contribution is -2.14. The molecule has 0 saturated heterocycles. The average Bonchev–Trinajstić information content (AvgIpc) is 3.19. The second-order valence-electron chi connectivity index (χ2n) is 4.76. The van der Waals surface area contributed by atoms with Gasteiger partial charge in [-0.2, -0.15) is 13.4 Å². The zero-order valence-corrected chi connectivity index (χ0v) is 12.6. The Morgan fingerprint density at radius 1 is 1.36 bits per heavy atom. The molecule has 3 heterocycles. The maximum Gasteiger partial charge on any atom is 0.295 e. The highest BCUT2D eigenvalue weighted by atomic mass is 32.2. The molecule has 0 unspecified atom stereocenters. The van der Waals surface area contributed by atoms with Crippen molar-refractivity contribution in [3.63, 3.8) is 0 Å². The van der Waals surface area contributed by atoms with Crippen molar-refractivity contribution in [2.75, 3.05) is 4.72 Å². The normalized spacial score (nSPS) is 12.0. The van der Waals surface area contributed by atoms with Crippen LogP contribution < -0.4 is 4.72 Å². The van der Waals surface area contributed by atoms with Crippen molar-refractivity contribution in [1.29, 1.82) is 0 Å².